The molecular formula is C27H36N2O3. The fourth-order valence-electron chi connectivity index (χ4n) is 5.43. The van der Waals surface area contributed by atoms with E-state index in [1.54, 1.807) is 0 Å². The first-order chi connectivity index (χ1) is 15.4. The van der Waals surface area contributed by atoms with Crippen LogP contribution in [0.4, 0.5) is 5.69 Å². The van der Waals surface area contributed by atoms with Crippen molar-refractivity contribution in [3.05, 3.63) is 63.7 Å². The second-order valence-electron chi connectivity index (χ2n) is 9.29. The Morgan fingerprint density at radius 1 is 1.19 bits per heavy atom. The van der Waals surface area contributed by atoms with E-state index in [9.17, 15) is 4.79 Å². The second kappa shape index (κ2) is 9.63. The Hall–Kier alpha value is -2.37. The largest absolute Gasteiger partial charge is 0.465 e. The summed E-state index contributed by atoms with van der Waals surface area (Å²) in [6.45, 7) is 11.5. The highest BCUT2D eigenvalue weighted by Gasteiger charge is 2.32. The van der Waals surface area contributed by atoms with Crippen LogP contribution in [0.15, 0.2) is 30.3 Å². The molecule has 5 heteroatoms. The molecule has 0 saturated carbocycles. The lowest BCUT2D eigenvalue weighted by Crippen LogP contribution is -2.39. The minimum Gasteiger partial charge on any atom is -0.465 e. The quantitative estimate of drug-likeness (QED) is 0.632. The third-order valence-corrected chi connectivity index (χ3v) is 7.02. The smallest absolute Gasteiger partial charge is 0.337 e. The maximum atomic E-state index is 11.9. The van der Waals surface area contributed by atoms with Crippen molar-refractivity contribution in [1.82, 2.24) is 4.90 Å². The molecule has 1 fully saturated rings. The third-order valence-electron chi connectivity index (χ3n) is 7.02. The van der Waals surface area contributed by atoms with Crippen molar-refractivity contribution in [2.45, 2.75) is 71.7 Å². The van der Waals surface area contributed by atoms with Crippen molar-refractivity contribution >= 4 is 11.7 Å². The van der Waals surface area contributed by atoms with Crippen molar-refractivity contribution in [2.75, 3.05) is 25.6 Å². The Balaban J connectivity index is 1.64. The van der Waals surface area contributed by atoms with E-state index in [1.807, 2.05) is 12.1 Å². The Morgan fingerprint density at radius 3 is 2.62 bits per heavy atom. The van der Waals surface area contributed by atoms with Crippen LogP contribution in [0.25, 0.3) is 0 Å². The Bertz CT molecular complexity index is 970. The van der Waals surface area contributed by atoms with Crippen molar-refractivity contribution in [3.8, 4) is 0 Å². The molecule has 0 amide bonds. The number of hydrogen-bond donors (Lipinski definition) is 1. The maximum absolute atomic E-state index is 11.9. The molecule has 2 aliphatic rings. The molecule has 172 valence electrons. The topological polar surface area (TPSA) is 50.8 Å². The number of nitrogens with zero attached hydrogens (tertiary/aromatic N) is 1. The van der Waals surface area contributed by atoms with Crippen molar-refractivity contribution < 1.29 is 14.3 Å². The average Bonchev–Trinajstić information content (AvgIpc) is 3.19. The number of anilines is 1. The van der Waals surface area contributed by atoms with E-state index in [4.69, 9.17) is 9.47 Å². The van der Waals surface area contributed by atoms with Gasteiger partial charge < -0.3 is 14.8 Å². The molecule has 1 saturated heterocycles. The first-order valence-electron chi connectivity index (χ1n) is 11.8. The van der Waals surface area contributed by atoms with Crippen molar-refractivity contribution in [1.29, 1.82) is 0 Å². The van der Waals surface area contributed by atoms with Gasteiger partial charge in [-0.15, -0.1) is 0 Å². The highest BCUT2D eigenvalue weighted by Crippen LogP contribution is 2.38. The van der Waals surface area contributed by atoms with E-state index in [0.29, 0.717) is 11.6 Å². The highest BCUT2D eigenvalue weighted by molar-refractivity contribution is 5.89. The lowest BCUT2D eigenvalue weighted by molar-refractivity contribution is -0.0138. The first-order valence-corrected chi connectivity index (χ1v) is 11.8. The molecule has 2 aliphatic heterocycles. The van der Waals surface area contributed by atoms with E-state index < -0.39 is 0 Å². The van der Waals surface area contributed by atoms with E-state index >= 15 is 0 Å². The maximum Gasteiger partial charge on any atom is 0.337 e. The van der Waals surface area contributed by atoms with E-state index in [1.165, 1.54) is 40.6 Å². The van der Waals surface area contributed by atoms with Gasteiger partial charge in [-0.3, -0.25) is 4.90 Å². The predicted molar refractivity (Wildman–Crippen MR) is 128 cm³/mol. The standard InChI is InChI=1S/C27H36N2O3/c1-6-32-22-11-12-29(25(15-22)20-7-9-21(10-8-20)27(30)31-5)16-24-17(2)13-18(3)26-23(24)14-19(4)28-26/h7-10,13,19,22,25,28H,6,11-12,14-16H2,1-5H3/t19-,22?,25?/m0/s1. The van der Waals surface area contributed by atoms with Crippen LogP contribution in [-0.4, -0.2) is 43.3 Å². The molecule has 32 heavy (non-hydrogen) atoms. The number of piperidine rings is 1. The van der Waals surface area contributed by atoms with Gasteiger partial charge in [-0.1, -0.05) is 18.2 Å². The molecule has 2 heterocycles. The highest BCUT2D eigenvalue weighted by atomic mass is 16.5. The van der Waals surface area contributed by atoms with E-state index in [2.05, 4.69) is 56.1 Å². The molecule has 3 atom stereocenters. The van der Waals surface area contributed by atoms with Gasteiger partial charge in [0.25, 0.3) is 0 Å². The summed E-state index contributed by atoms with van der Waals surface area (Å²) in [7, 11) is 1.42. The number of methoxy groups -OCH3 is 1. The van der Waals surface area contributed by atoms with E-state index in [0.717, 1.165) is 39.0 Å². The van der Waals surface area contributed by atoms with Gasteiger partial charge in [0, 0.05) is 37.5 Å². The fraction of sp³-hybridized carbons (Fsp3) is 0.519. The number of esters is 1. The minimum atomic E-state index is -0.295. The van der Waals surface area contributed by atoms with Crippen LogP contribution in [0.3, 0.4) is 0 Å². The molecule has 4 rings (SSSR count). The van der Waals surface area contributed by atoms with Crippen LogP contribution in [0, 0.1) is 13.8 Å². The number of aryl methyl sites for hydroxylation is 2. The van der Waals surface area contributed by atoms with Crippen LogP contribution in [0.2, 0.25) is 0 Å². The number of hydrogen-bond acceptors (Lipinski definition) is 5. The van der Waals surface area contributed by atoms with Crippen LogP contribution in [0.5, 0.6) is 0 Å². The summed E-state index contributed by atoms with van der Waals surface area (Å²) in [4.78, 5) is 14.5. The number of nitrogens with one attached hydrogen (secondary N) is 1. The van der Waals surface area contributed by atoms with Gasteiger partial charge >= 0.3 is 5.97 Å². The lowest BCUT2D eigenvalue weighted by atomic mass is 9.90. The molecule has 0 aromatic heterocycles. The molecule has 0 radical (unpaired) electrons. The average molecular weight is 437 g/mol. The Kier molecular flexibility index (Phi) is 6.87. The zero-order chi connectivity index (χ0) is 22.8. The summed E-state index contributed by atoms with van der Waals surface area (Å²) in [5.41, 5.74) is 8.83. The molecular weight excluding hydrogens is 400 g/mol. The monoisotopic (exact) mass is 436 g/mol. The van der Waals surface area contributed by atoms with Gasteiger partial charge in [-0.25, -0.2) is 4.79 Å². The molecule has 2 aromatic carbocycles. The Labute approximate surface area is 192 Å². The van der Waals surface area contributed by atoms with Crippen molar-refractivity contribution in [2.24, 2.45) is 0 Å². The zero-order valence-corrected chi connectivity index (χ0v) is 20.0. The molecule has 2 unspecified atom stereocenters. The van der Waals surface area contributed by atoms with Crippen molar-refractivity contribution in [3.63, 3.8) is 0 Å². The van der Waals surface area contributed by atoms with Crippen LogP contribution in [0.1, 0.15) is 70.9 Å². The number of carbonyl (C=O) groups is 1. The first kappa shape index (κ1) is 22.8. The molecule has 5 nitrogen and oxygen atoms in total. The fourth-order valence-corrected chi connectivity index (χ4v) is 5.43. The SMILES string of the molecule is CCOC1CCN(Cc2c(C)cc(C)c3c2C[C@H](C)N3)C(c2ccc(C(=O)OC)cc2)C1. The van der Waals surface area contributed by atoms with Crippen LogP contribution < -0.4 is 5.32 Å². The summed E-state index contributed by atoms with van der Waals surface area (Å²) in [5.74, 6) is -0.295. The van der Waals surface area contributed by atoms with Gasteiger partial charge in [0.15, 0.2) is 0 Å². The Morgan fingerprint density at radius 2 is 1.94 bits per heavy atom. The molecule has 2 aromatic rings. The third kappa shape index (κ3) is 4.55. The summed E-state index contributed by atoms with van der Waals surface area (Å²) >= 11 is 0. The molecule has 0 aliphatic carbocycles. The van der Waals surface area contributed by atoms with Gasteiger partial charge in [-0.05, 0) is 86.9 Å². The number of likely N-dealkylation sites (tertiary alicyclic amines) is 1. The molecule has 0 spiro atoms. The summed E-state index contributed by atoms with van der Waals surface area (Å²) < 4.78 is 10.9. The van der Waals surface area contributed by atoms with Crippen LogP contribution in [-0.2, 0) is 22.4 Å². The van der Waals surface area contributed by atoms with E-state index in [-0.39, 0.29) is 18.1 Å². The van der Waals surface area contributed by atoms with Gasteiger partial charge in [0.2, 0.25) is 0 Å². The summed E-state index contributed by atoms with van der Waals surface area (Å²) in [5, 5.41) is 3.68. The normalized spacial score (nSPS) is 23.0. The number of ether oxygens (including phenoxy) is 2. The number of benzene rings is 2. The number of fused-ring (bicyclic) bond motifs is 1. The molecule has 0 bridgehead atoms. The number of rotatable bonds is 6. The minimum absolute atomic E-state index is 0.259. The predicted octanol–water partition coefficient (Wildman–Crippen LogP) is 5.19. The summed E-state index contributed by atoms with van der Waals surface area (Å²) in [6.07, 6.45) is 3.37. The second-order valence-corrected chi connectivity index (χ2v) is 9.29. The van der Waals surface area contributed by atoms with Gasteiger partial charge in [0.05, 0.1) is 18.8 Å². The van der Waals surface area contributed by atoms with Gasteiger partial charge in [-0.2, -0.15) is 0 Å². The molecule has 1 N–H and O–H groups in total. The van der Waals surface area contributed by atoms with Gasteiger partial charge in [0.1, 0.15) is 0 Å². The summed E-state index contributed by atoms with van der Waals surface area (Å²) in [6, 6.07) is 11.0. The zero-order valence-electron chi connectivity index (χ0n) is 20.0. The van der Waals surface area contributed by atoms with Crippen LogP contribution >= 0.6 is 0 Å². The lowest BCUT2D eigenvalue weighted by Gasteiger charge is -2.40. The number of carbonyl (C=O) groups excluding carboxylic acids is 1.